The molecule has 0 spiro atoms. The van der Waals surface area contributed by atoms with Crippen molar-refractivity contribution in [3.8, 4) is 44.8 Å². The van der Waals surface area contributed by atoms with E-state index in [-0.39, 0.29) is 10.6 Å². The minimum atomic E-state index is 0.269. The lowest BCUT2D eigenvalue weighted by Gasteiger charge is -2.07. The Morgan fingerprint density at radius 3 is 0.978 bits per heavy atom. The lowest BCUT2D eigenvalue weighted by atomic mass is 10.0. The lowest BCUT2D eigenvalue weighted by molar-refractivity contribution is 1.22. The molecular formula is C40H26Cl2N4. The largest absolute Gasteiger partial charge is 0.223 e. The van der Waals surface area contributed by atoms with Crippen molar-refractivity contribution in [1.29, 1.82) is 0 Å². The third kappa shape index (κ3) is 6.36. The Labute approximate surface area is 277 Å². The Hall–Kier alpha value is -5.42. The van der Waals surface area contributed by atoms with Gasteiger partial charge in [0, 0.05) is 21.9 Å². The van der Waals surface area contributed by atoms with E-state index in [4.69, 9.17) is 23.2 Å². The lowest BCUT2D eigenvalue weighted by Crippen LogP contribution is -1.91. The molecule has 0 fully saturated rings. The molecule has 8 rings (SSSR count). The van der Waals surface area contributed by atoms with Crippen LogP contribution in [-0.4, -0.2) is 19.9 Å². The normalized spacial score (nSPS) is 10.8. The van der Waals surface area contributed by atoms with Gasteiger partial charge in [0.05, 0.1) is 22.4 Å². The van der Waals surface area contributed by atoms with E-state index in [1.165, 1.54) is 22.3 Å². The number of para-hydroxylation sites is 2. The monoisotopic (exact) mass is 632 g/mol. The highest BCUT2D eigenvalue weighted by Crippen LogP contribution is 2.31. The van der Waals surface area contributed by atoms with Crippen molar-refractivity contribution in [1.82, 2.24) is 19.9 Å². The summed E-state index contributed by atoms with van der Waals surface area (Å²) in [4.78, 5) is 17.4. The zero-order valence-corrected chi connectivity index (χ0v) is 26.1. The van der Waals surface area contributed by atoms with Crippen molar-refractivity contribution >= 4 is 45.0 Å². The predicted molar refractivity (Wildman–Crippen MR) is 191 cm³/mol. The van der Waals surface area contributed by atoms with Crippen LogP contribution in [0.3, 0.4) is 0 Å². The summed E-state index contributed by atoms with van der Waals surface area (Å²) in [5, 5.41) is 2.55. The number of benzene rings is 6. The van der Waals surface area contributed by atoms with E-state index in [0.29, 0.717) is 0 Å². The molecule has 0 radical (unpaired) electrons. The van der Waals surface area contributed by atoms with Gasteiger partial charge in [0.15, 0.2) is 0 Å². The molecule has 0 atom stereocenters. The number of rotatable bonds is 4. The van der Waals surface area contributed by atoms with Crippen LogP contribution in [0.5, 0.6) is 0 Å². The van der Waals surface area contributed by atoms with Gasteiger partial charge in [0.1, 0.15) is 0 Å². The molecule has 0 amide bonds. The number of nitrogens with zero attached hydrogens (tertiary/aromatic N) is 4. The third-order valence-corrected chi connectivity index (χ3v) is 8.02. The molecule has 4 nitrogen and oxygen atoms in total. The van der Waals surface area contributed by atoms with Crippen LogP contribution >= 0.6 is 23.2 Å². The van der Waals surface area contributed by atoms with Crippen molar-refractivity contribution < 1.29 is 0 Å². The van der Waals surface area contributed by atoms with E-state index < -0.39 is 0 Å². The van der Waals surface area contributed by atoms with Crippen LogP contribution in [0.2, 0.25) is 10.6 Å². The third-order valence-electron chi connectivity index (χ3n) is 7.68. The molecule has 6 heteroatoms. The molecule has 0 N–H and O–H groups in total. The highest BCUT2D eigenvalue weighted by molar-refractivity contribution is 6.29. The summed E-state index contributed by atoms with van der Waals surface area (Å²) in [6.45, 7) is 0. The minimum Gasteiger partial charge on any atom is -0.218 e. The van der Waals surface area contributed by atoms with Gasteiger partial charge in [0.2, 0.25) is 10.6 Å². The second kappa shape index (κ2) is 13.3. The van der Waals surface area contributed by atoms with Gasteiger partial charge in [-0.05, 0) is 57.6 Å². The summed E-state index contributed by atoms with van der Waals surface area (Å²) in [6, 6.07) is 53.2. The SMILES string of the molecule is Clc1nc(-c2ccc(-c3ccccc3)cc2)c2ccccc2n1.Clc1nc(-c2ccc(-c3ccccc3)cc2)c2ccccc2n1. The Morgan fingerprint density at radius 1 is 0.283 bits per heavy atom. The van der Waals surface area contributed by atoms with E-state index in [9.17, 15) is 0 Å². The van der Waals surface area contributed by atoms with Gasteiger partial charge in [0.25, 0.3) is 0 Å². The molecule has 0 saturated carbocycles. The van der Waals surface area contributed by atoms with Crippen LogP contribution in [0.25, 0.3) is 66.6 Å². The quantitative estimate of drug-likeness (QED) is 0.181. The first kappa shape index (κ1) is 29.3. The van der Waals surface area contributed by atoms with Crippen molar-refractivity contribution in [3.05, 3.63) is 168 Å². The molecule has 0 aliphatic rings. The number of hydrogen-bond acceptors (Lipinski definition) is 4. The second-order valence-corrected chi connectivity index (χ2v) is 11.3. The van der Waals surface area contributed by atoms with Gasteiger partial charge in [-0.15, -0.1) is 0 Å². The smallest absolute Gasteiger partial charge is 0.218 e. The van der Waals surface area contributed by atoms with Crippen molar-refractivity contribution in [3.63, 3.8) is 0 Å². The van der Waals surface area contributed by atoms with Gasteiger partial charge in [-0.3, -0.25) is 0 Å². The molecule has 0 saturated heterocycles. The molecule has 220 valence electrons. The summed E-state index contributed by atoms with van der Waals surface area (Å²) >= 11 is 12.2. The van der Waals surface area contributed by atoms with Crippen LogP contribution in [-0.2, 0) is 0 Å². The maximum absolute atomic E-state index is 6.08. The second-order valence-electron chi connectivity index (χ2n) is 10.6. The van der Waals surface area contributed by atoms with E-state index in [2.05, 4.69) is 92.7 Å². The highest BCUT2D eigenvalue weighted by Gasteiger charge is 2.10. The predicted octanol–water partition coefficient (Wildman–Crippen LogP) is 11.2. The maximum Gasteiger partial charge on any atom is 0.223 e. The molecule has 2 aromatic heterocycles. The zero-order valence-electron chi connectivity index (χ0n) is 24.6. The molecule has 6 aromatic carbocycles. The van der Waals surface area contributed by atoms with Crippen molar-refractivity contribution in [2.75, 3.05) is 0 Å². The summed E-state index contributed by atoms with van der Waals surface area (Å²) < 4.78 is 0. The van der Waals surface area contributed by atoms with Gasteiger partial charge in [-0.25, -0.2) is 19.9 Å². The molecular weight excluding hydrogens is 607 g/mol. The Bertz CT molecular complexity index is 2090. The highest BCUT2D eigenvalue weighted by atomic mass is 35.5. The van der Waals surface area contributed by atoms with E-state index in [1.54, 1.807) is 0 Å². The van der Waals surface area contributed by atoms with Crippen LogP contribution < -0.4 is 0 Å². The molecule has 46 heavy (non-hydrogen) atoms. The molecule has 0 bridgehead atoms. The molecule has 8 aromatic rings. The van der Waals surface area contributed by atoms with Gasteiger partial charge in [-0.1, -0.05) is 146 Å². The van der Waals surface area contributed by atoms with Crippen LogP contribution in [0.15, 0.2) is 158 Å². The minimum absolute atomic E-state index is 0.269. The zero-order chi connectivity index (χ0) is 31.3. The summed E-state index contributed by atoms with van der Waals surface area (Å²) in [7, 11) is 0. The van der Waals surface area contributed by atoms with Crippen molar-refractivity contribution in [2.24, 2.45) is 0 Å². The van der Waals surface area contributed by atoms with E-state index >= 15 is 0 Å². The fourth-order valence-electron chi connectivity index (χ4n) is 5.44. The first-order valence-electron chi connectivity index (χ1n) is 14.8. The topological polar surface area (TPSA) is 51.6 Å². The molecule has 0 aliphatic heterocycles. The Kier molecular flexibility index (Phi) is 8.46. The van der Waals surface area contributed by atoms with Gasteiger partial charge >= 0.3 is 0 Å². The average molecular weight is 634 g/mol. The maximum atomic E-state index is 6.08. The van der Waals surface area contributed by atoms with Gasteiger partial charge < -0.3 is 0 Å². The van der Waals surface area contributed by atoms with E-state index in [0.717, 1.165) is 44.3 Å². The first-order valence-corrected chi connectivity index (χ1v) is 15.5. The first-order chi connectivity index (χ1) is 22.6. The van der Waals surface area contributed by atoms with Crippen molar-refractivity contribution in [2.45, 2.75) is 0 Å². The van der Waals surface area contributed by atoms with Crippen LogP contribution in [0.4, 0.5) is 0 Å². The number of fused-ring (bicyclic) bond motifs is 2. The average Bonchev–Trinajstić information content (AvgIpc) is 3.12. The number of aromatic nitrogens is 4. The fraction of sp³-hybridized carbons (Fsp3) is 0. The van der Waals surface area contributed by atoms with Gasteiger partial charge in [-0.2, -0.15) is 0 Å². The van der Waals surface area contributed by atoms with Crippen LogP contribution in [0, 0.1) is 0 Å². The van der Waals surface area contributed by atoms with E-state index in [1.807, 2.05) is 84.9 Å². The molecule has 0 aliphatic carbocycles. The Balaban J connectivity index is 0.000000147. The Morgan fingerprint density at radius 2 is 0.587 bits per heavy atom. The number of halogens is 2. The fourth-order valence-corrected chi connectivity index (χ4v) is 5.79. The number of hydrogen-bond donors (Lipinski definition) is 0. The standard InChI is InChI=1S/2C20H13ClN2/c2*21-20-22-18-9-5-4-8-17(18)19(23-20)16-12-10-15(11-13-16)14-6-2-1-3-7-14/h2*1-13H. The summed E-state index contributed by atoms with van der Waals surface area (Å²) in [5.74, 6) is 0. The van der Waals surface area contributed by atoms with Crippen LogP contribution in [0.1, 0.15) is 0 Å². The molecule has 0 unspecified atom stereocenters. The summed E-state index contributed by atoms with van der Waals surface area (Å²) in [6.07, 6.45) is 0. The summed E-state index contributed by atoms with van der Waals surface area (Å²) in [5.41, 5.74) is 10.3. The molecule has 2 heterocycles.